The number of hydrogen-bond acceptors (Lipinski definition) is 5. The van der Waals surface area contributed by atoms with Crippen LogP contribution in [0.3, 0.4) is 0 Å². The highest BCUT2D eigenvalue weighted by atomic mass is 35.5. The van der Waals surface area contributed by atoms with Crippen LogP contribution in [-0.2, 0) is 14.3 Å². The van der Waals surface area contributed by atoms with Crippen molar-refractivity contribution in [1.29, 1.82) is 0 Å². The van der Waals surface area contributed by atoms with Gasteiger partial charge in [0.15, 0.2) is 6.61 Å². The Morgan fingerprint density at radius 2 is 1.94 bits per heavy atom. The Kier molecular flexibility index (Phi) is 6.65. The van der Waals surface area contributed by atoms with Gasteiger partial charge in [0.05, 0.1) is 12.0 Å². The first-order valence-corrected chi connectivity index (χ1v) is 10.9. The molecule has 32 heavy (non-hydrogen) atoms. The van der Waals surface area contributed by atoms with Gasteiger partial charge in [-0.1, -0.05) is 35.9 Å². The van der Waals surface area contributed by atoms with Crippen LogP contribution in [0.25, 0.3) is 0 Å². The lowest BCUT2D eigenvalue weighted by Crippen LogP contribution is -2.31. The van der Waals surface area contributed by atoms with Crippen molar-refractivity contribution < 1.29 is 32.6 Å². The van der Waals surface area contributed by atoms with Crippen LogP contribution < -0.4 is 4.74 Å². The molecule has 1 heterocycles. The second kappa shape index (κ2) is 9.45. The van der Waals surface area contributed by atoms with E-state index in [0.717, 1.165) is 0 Å². The molecule has 2 aliphatic rings. The van der Waals surface area contributed by atoms with E-state index in [0.29, 0.717) is 17.0 Å². The molecule has 0 spiro atoms. The van der Waals surface area contributed by atoms with Gasteiger partial charge in [0.2, 0.25) is 0 Å². The molecule has 4 atom stereocenters. The molecule has 0 unspecified atom stereocenters. The number of esters is 2. The molecule has 1 saturated carbocycles. The van der Waals surface area contributed by atoms with Crippen molar-refractivity contribution in [2.24, 2.45) is 11.8 Å². The first kappa shape index (κ1) is 22.5. The molecule has 170 valence electrons. The maximum atomic E-state index is 14.6. The third-order valence-electron chi connectivity index (χ3n) is 6.01. The van der Waals surface area contributed by atoms with E-state index in [1.165, 1.54) is 6.07 Å². The monoisotopic (exact) mass is 464 g/mol. The van der Waals surface area contributed by atoms with Gasteiger partial charge in [0.1, 0.15) is 18.0 Å². The number of benzene rings is 2. The van der Waals surface area contributed by atoms with Crippen molar-refractivity contribution in [3.8, 4) is 5.75 Å². The molecular formula is C24H23ClF2O5. The molecule has 0 amide bonds. The Labute approximate surface area is 189 Å². The maximum Gasteiger partial charge on any atom is 0.338 e. The first-order chi connectivity index (χ1) is 15.3. The molecule has 2 aromatic carbocycles. The van der Waals surface area contributed by atoms with Crippen molar-refractivity contribution in [1.82, 2.24) is 0 Å². The number of ether oxygens (including phenoxy) is 3. The summed E-state index contributed by atoms with van der Waals surface area (Å²) in [4.78, 5) is 24.2. The summed E-state index contributed by atoms with van der Waals surface area (Å²) in [5.41, 5.74) is 0.389. The lowest BCUT2D eigenvalue weighted by atomic mass is 9.87. The van der Waals surface area contributed by atoms with Crippen LogP contribution in [-0.4, -0.2) is 36.7 Å². The summed E-state index contributed by atoms with van der Waals surface area (Å²) in [6.45, 7) is -0.794. The van der Waals surface area contributed by atoms with Crippen LogP contribution in [0, 0.1) is 11.8 Å². The molecule has 2 aromatic rings. The van der Waals surface area contributed by atoms with E-state index in [1.807, 2.05) is 0 Å². The summed E-state index contributed by atoms with van der Waals surface area (Å²) < 4.78 is 45.4. The van der Waals surface area contributed by atoms with Gasteiger partial charge >= 0.3 is 11.9 Å². The first-order valence-electron chi connectivity index (χ1n) is 10.5. The Balaban J connectivity index is 1.39. The van der Waals surface area contributed by atoms with Crippen molar-refractivity contribution >= 4 is 23.5 Å². The van der Waals surface area contributed by atoms with E-state index in [-0.39, 0.29) is 30.5 Å². The summed E-state index contributed by atoms with van der Waals surface area (Å²) in [7, 11) is 0. The van der Waals surface area contributed by atoms with E-state index in [9.17, 15) is 18.4 Å². The number of fused-ring (bicyclic) bond motifs is 1. The lowest BCUT2D eigenvalue weighted by molar-refractivity contribution is -0.141. The van der Waals surface area contributed by atoms with Crippen LogP contribution in [0.1, 0.15) is 36.0 Å². The Hall–Kier alpha value is -2.67. The van der Waals surface area contributed by atoms with E-state index < -0.39 is 43.0 Å². The molecule has 1 aliphatic carbocycles. The van der Waals surface area contributed by atoms with E-state index in [4.69, 9.17) is 25.8 Å². The van der Waals surface area contributed by atoms with E-state index in [2.05, 4.69) is 0 Å². The number of carbonyl (C=O) groups excluding carboxylic acids is 2. The van der Waals surface area contributed by atoms with Gasteiger partial charge in [-0.2, -0.15) is 0 Å². The van der Waals surface area contributed by atoms with Crippen LogP contribution in [0.4, 0.5) is 8.78 Å². The Morgan fingerprint density at radius 3 is 2.69 bits per heavy atom. The molecule has 5 nitrogen and oxygen atoms in total. The van der Waals surface area contributed by atoms with Crippen LogP contribution in [0.5, 0.6) is 5.75 Å². The fourth-order valence-electron chi connectivity index (χ4n) is 4.47. The summed E-state index contributed by atoms with van der Waals surface area (Å²) in [5.74, 6) is -4.31. The number of alkyl halides is 2. The van der Waals surface area contributed by atoms with Crippen LogP contribution in [0.2, 0.25) is 5.02 Å². The quantitative estimate of drug-likeness (QED) is 0.495. The molecule has 0 N–H and O–H groups in total. The van der Waals surface area contributed by atoms with Crippen molar-refractivity contribution in [3.05, 3.63) is 65.2 Å². The predicted molar refractivity (Wildman–Crippen MR) is 113 cm³/mol. The Morgan fingerprint density at radius 1 is 1.16 bits per heavy atom. The summed E-state index contributed by atoms with van der Waals surface area (Å²) >= 11 is 5.86. The van der Waals surface area contributed by atoms with Crippen molar-refractivity contribution in [2.45, 2.75) is 43.8 Å². The van der Waals surface area contributed by atoms with Crippen LogP contribution in [0.15, 0.2) is 54.6 Å². The van der Waals surface area contributed by atoms with Crippen LogP contribution >= 0.6 is 11.6 Å². The molecule has 0 radical (unpaired) electrons. The standard InChI is InChI=1S/C24H23ClF2O5/c25-16-7-4-8-17(11-16)30-14-24(26,27)10-9-18-19-12-22(28)31-21(19)13-20(18)32-23(29)15-5-2-1-3-6-15/h1-8,11,18-21H,9-10,12-14H2/t18-,19-,20-,21+/m1/s1. The van der Waals surface area contributed by atoms with Crippen molar-refractivity contribution in [3.63, 3.8) is 0 Å². The molecule has 1 aliphatic heterocycles. The van der Waals surface area contributed by atoms with Gasteiger partial charge in [0, 0.05) is 29.7 Å². The summed E-state index contributed by atoms with van der Waals surface area (Å²) in [6.07, 6.45) is -0.900. The number of carbonyl (C=O) groups is 2. The molecule has 1 saturated heterocycles. The highest BCUT2D eigenvalue weighted by Gasteiger charge is 2.52. The second-order valence-corrected chi connectivity index (χ2v) is 8.68. The highest BCUT2D eigenvalue weighted by molar-refractivity contribution is 6.30. The van der Waals surface area contributed by atoms with Gasteiger partial charge in [-0.3, -0.25) is 4.79 Å². The van der Waals surface area contributed by atoms with Gasteiger partial charge in [-0.05, 0) is 36.8 Å². The molecule has 0 aromatic heterocycles. The lowest BCUT2D eigenvalue weighted by Gasteiger charge is -2.25. The fourth-order valence-corrected chi connectivity index (χ4v) is 4.65. The average Bonchev–Trinajstić information content (AvgIpc) is 3.27. The second-order valence-electron chi connectivity index (χ2n) is 8.25. The largest absolute Gasteiger partial charge is 0.487 e. The topological polar surface area (TPSA) is 61.8 Å². The minimum Gasteiger partial charge on any atom is -0.487 e. The minimum absolute atomic E-state index is 0.0798. The zero-order valence-corrected chi connectivity index (χ0v) is 18.0. The predicted octanol–water partition coefficient (Wildman–Crippen LogP) is 5.31. The maximum absolute atomic E-state index is 14.6. The third kappa shape index (κ3) is 5.38. The van der Waals surface area contributed by atoms with Gasteiger partial charge in [-0.15, -0.1) is 0 Å². The Bertz CT molecular complexity index is 968. The van der Waals surface area contributed by atoms with Gasteiger partial charge in [-0.25, -0.2) is 13.6 Å². The highest BCUT2D eigenvalue weighted by Crippen LogP contribution is 2.46. The fraction of sp³-hybridized carbons (Fsp3) is 0.417. The molecular weight excluding hydrogens is 442 g/mol. The smallest absolute Gasteiger partial charge is 0.338 e. The van der Waals surface area contributed by atoms with E-state index >= 15 is 0 Å². The van der Waals surface area contributed by atoms with Gasteiger partial charge < -0.3 is 14.2 Å². The summed E-state index contributed by atoms with van der Waals surface area (Å²) in [6, 6.07) is 14.8. The normalized spacial score (nSPS) is 24.7. The average molecular weight is 465 g/mol. The molecule has 2 fully saturated rings. The third-order valence-corrected chi connectivity index (χ3v) is 6.25. The van der Waals surface area contributed by atoms with E-state index in [1.54, 1.807) is 48.5 Å². The zero-order chi connectivity index (χ0) is 22.7. The molecule has 4 rings (SSSR count). The molecule has 0 bridgehead atoms. The summed E-state index contributed by atoms with van der Waals surface area (Å²) in [5, 5.41) is 0.400. The number of rotatable bonds is 8. The molecule has 8 heteroatoms. The number of hydrogen-bond donors (Lipinski definition) is 0. The number of halogens is 3. The minimum atomic E-state index is -3.10. The van der Waals surface area contributed by atoms with Crippen molar-refractivity contribution in [2.75, 3.05) is 6.61 Å². The SMILES string of the molecule is O=C1C[C@@H]2[C@@H](CCC(F)(F)COc3cccc(Cl)c3)[C@H](OC(=O)c3ccccc3)C[C@@H]2O1. The van der Waals surface area contributed by atoms with Gasteiger partial charge in [0.25, 0.3) is 5.92 Å². The zero-order valence-electron chi connectivity index (χ0n) is 17.2.